The molecule has 76 valence electrons. The topological polar surface area (TPSA) is 94.8 Å². The van der Waals surface area contributed by atoms with Gasteiger partial charge in [-0.2, -0.15) is 0 Å². The van der Waals surface area contributed by atoms with E-state index < -0.39 is 11.9 Å². The molecule has 0 aromatic rings. The fourth-order valence-electron chi connectivity index (χ4n) is 1.11. The Kier molecular flexibility index (Phi) is 5.88. The predicted octanol–water partition coefficient (Wildman–Crippen LogP) is 0.325. The van der Waals surface area contributed by atoms with Gasteiger partial charge in [-0.15, -0.1) is 0 Å². The van der Waals surface area contributed by atoms with Crippen LogP contribution in [0.25, 0.3) is 0 Å². The van der Waals surface area contributed by atoms with E-state index in [0.717, 1.165) is 0 Å². The van der Waals surface area contributed by atoms with Gasteiger partial charge in [-0.05, 0) is 18.8 Å². The predicted molar refractivity (Wildman–Crippen MR) is 44.3 cm³/mol. The molecule has 0 aliphatic carbocycles. The van der Waals surface area contributed by atoms with Gasteiger partial charge in [0.05, 0.1) is 0 Å². The lowest BCUT2D eigenvalue weighted by Gasteiger charge is -2.10. The number of rotatable bonds is 7. The summed E-state index contributed by atoms with van der Waals surface area (Å²) in [5.74, 6) is -2.13. The Morgan fingerprint density at radius 3 is 2.08 bits per heavy atom. The van der Waals surface area contributed by atoms with Gasteiger partial charge in [0.2, 0.25) is 0 Å². The van der Waals surface area contributed by atoms with Crippen LogP contribution < -0.4 is 0 Å². The minimum absolute atomic E-state index is 0.0437. The molecule has 0 aliphatic heterocycles. The van der Waals surface area contributed by atoms with Gasteiger partial charge in [-0.25, -0.2) is 0 Å². The van der Waals surface area contributed by atoms with E-state index in [0.29, 0.717) is 12.8 Å². The summed E-state index contributed by atoms with van der Waals surface area (Å²) in [6.45, 7) is -0.0996. The average Bonchev–Trinajstić information content (AvgIpc) is 1.99. The minimum atomic E-state index is -0.955. The van der Waals surface area contributed by atoms with Crippen LogP contribution in [0, 0.1) is 5.92 Å². The van der Waals surface area contributed by atoms with Crippen molar-refractivity contribution in [3.63, 3.8) is 0 Å². The molecule has 0 heterocycles. The van der Waals surface area contributed by atoms with E-state index in [1.807, 2.05) is 0 Å². The summed E-state index contributed by atoms with van der Waals surface area (Å²) < 4.78 is 0. The Balaban J connectivity index is 3.79. The van der Waals surface area contributed by atoms with E-state index in [-0.39, 0.29) is 25.4 Å². The van der Waals surface area contributed by atoms with E-state index in [9.17, 15) is 9.59 Å². The molecule has 0 amide bonds. The lowest BCUT2D eigenvalue weighted by atomic mass is 9.96. The molecule has 0 fully saturated rings. The molecule has 0 spiro atoms. The van der Waals surface area contributed by atoms with Gasteiger partial charge < -0.3 is 15.3 Å². The van der Waals surface area contributed by atoms with Crippen LogP contribution in [0.3, 0.4) is 0 Å². The van der Waals surface area contributed by atoms with Crippen LogP contribution in [-0.2, 0) is 9.59 Å². The van der Waals surface area contributed by atoms with Crippen LogP contribution in [0.2, 0.25) is 0 Å². The second-order valence-corrected chi connectivity index (χ2v) is 2.91. The summed E-state index contributed by atoms with van der Waals surface area (Å²) in [4.78, 5) is 20.5. The highest BCUT2D eigenvalue weighted by Crippen LogP contribution is 2.15. The van der Waals surface area contributed by atoms with Gasteiger partial charge in [0.1, 0.15) is 0 Å². The van der Waals surface area contributed by atoms with Crippen molar-refractivity contribution in [1.82, 2.24) is 0 Å². The summed E-state index contributed by atoms with van der Waals surface area (Å²) in [7, 11) is 0. The van der Waals surface area contributed by atoms with Crippen LogP contribution >= 0.6 is 0 Å². The summed E-state index contributed by atoms with van der Waals surface area (Å²) in [5, 5.41) is 25.4. The molecule has 0 aliphatic rings. The van der Waals surface area contributed by atoms with Gasteiger partial charge in [0, 0.05) is 19.4 Å². The van der Waals surface area contributed by atoms with Gasteiger partial charge in [-0.1, -0.05) is 0 Å². The van der Waals surface area contributed by atoms with E-state index in [4.69, 9.17) is 15.3 Å². The number of hydrogen-bond donors (Lipinski definition) is 3. The number of carboxylic acids is 2. The van der Waals surface area contributed by atoms with Crippen LogP contribution in [0.4, 0.5) is 0 Å². The smallest absolute Gasteiger partial charge is 0.303 e. The maximum absolute atomic E-state index is 10.3. The third-order valence-corrected chi connectivity index (χ3v) is 1.77. The first-order valence-electron chi connectivity index (χ1n) is 4.10. The maximum Gasteiger partial charge on any atom is 0.303 e. The van der Waals surface area contributed by atoms with E-state index in [1.54, 1.807) is 0 Å². The van der Waals surface area contributed by atoms with Gasteiger partial charge in [0.25, 0.3) is 0 Å². The standard InChI is InChI=1S/C8H14O5/c9-4-3-6(5-8(12)13)1-2-7(10)11/h6,9H,1-5H2,(H,10,11)(H,12,13). The largest absolute Gasteiger partial charge is 0.481 e. The SMILES string of the molecule is O=C(O)CCC(CCO)CC(=O)O. The van der Waals surface area contributed by atoms with Crippen LogP contribution in [-0.4, -0.2) is 33.9 Å². The normalized spacial score (nSPS) is 12.4. The minimum Gasteiger partial charge on any atom is -0.481 e. The fourth-order valence-corrected chi connectivity index (χ4v) is 1.11. The van der Waals surface area contributed by atoms with Gasteiger partial charge in [-0.3, -0.25) is 9.59 Å². The zero-order valence-electron chi connectivity index (χ0n) is 7.27. The highest BCUT2D eigenvalue weighted by atomic mass is 16.4. The lowest BCUT2D eigenvalue weighted by Crippen LogP contribution is -2.11. The third kappa shape index (κ3) is 7.27. The first-order chi connectivity index (χ1) is 6.06. The Hall–Kier alpha value is -1.10. The van der Waals surface area contributed by atoms with Gasteiger partial charge >= 0.3 is 11.9 Å². The number of aliphatic hydroxyl groups excluding tert-OH is 1. The first kappa shape index (κ1) is 11.9. The van der Waals surface area contributed by atoms with E-state index in [2.05, 4.69) is 0 Å². The molecule has 13 heavy (non-hydrogen) atoms. The molecule has 0 saturated heterocycles. The van der Waals surface area contributed by atoms with Crippen LogP contribution in [0.5, 0.6) is 0 Å². The maximum atomic E-state index is 10.3. The molecule has 0 radical (unpaired) electrons. The van der Waals surface area contributed by atoms with Crippen molar-refractivity contribution in [1.29, 1.82) is 0 Å². The molecule has 0 rings (SSSR count). The lowest BCUT2D eigenvalue weighted by molar-refractivity contribution is -0.140. The zero-order chi connectivity index (χ0) is 10.3. The van der Waals surface area contributed by atoms with E-state index >= 15 is 0 Å². The molecular weight excluding hydrogens is 176 g/mol. The fraction of sp³-hybridized carbons (Fsp3) is 0.750. The number of hydrogen-bond acceptors (Lipinski definition) is 3. The summed E-state index contributed by atoms with van der Waals surface area (Å²) in [6, 6.07) is 0. The summed E-state index contributed by atoms with van der Waals surface area (Å²) in [6.07, 6.45) is 0.535. The number of aliphatic hydroxyl groups is 1. The molecule has 0 bridgehead atoms. The number of carboxylic acid groups (broad SMARTS) is 2. The number of carbonyl (C=O) groups is 2. The Morgan fingerprint density at radius 2 is 1.69 bits per heavy atom. The molecule has 5 nitrogen and oxygen atoms in total. The molecule has 0 saturated carbocycles. The Morgan fingerprint density at radius 1 is 1.08 bits per heavy atom. The highest BCUT2D eigenvalue weighted by molar-refractivity contribution is 5.68. The Labute approximate surface area is 76.0 Å². The first-order valence-corrected chi connectivity index (χ1v) is 4.10. The van der Waals surface area contributed by atoms with Crippen molar-refractivity contribution < 1.29 is 24.9 Å². The van der Waals surface area contributed by atoms with Crippen molar-refractivity contribution in [2.75, 3.05) is 6.61 Å². The highest BCUT2D eigenvalue weighted by Gasteiger charge is 2.13. The second-order valence-electron chi connectivity index (χ2n) is 2.91. The molecule has 0 aromatic carbocycles. The molecular formula is C8H14O5. The Bertz CT molecular complexity index is 177. The van der Waals surface area contributed by atoms with Crippen molar-refractivity contribution in [3.8, 4) is 0 Å². The molecule has 1 unspecified atom stereocenters. The zero-order valence-corrected chi connectivity index (χ0v) is 7.27. The number of aliphatic carboxylic acids is 2. The van der Waals surface area contributed by atoms with E-state index in [1.165, 1.54) is 0 Å². The molecule has 1 atom stereocenters. The summed E-state index contributed by atoms with van der Waals surface area (Å²) in [5.41, 5.74) is 0. The summed E-state index contributed by atoms with van der Waals surface area (Å²) >= 11 is 0. The van der Waals surface area contributed by atoms with Gasteiger partial charge in [0.15, 0.2) is 0 Å². The van der Waals surface area contributed by atoms with Crippen molar-refractivity contribution in [2.24, 2.45) is 5.92 Å². The van der Waals surface area contributed by atoms with Crippen molar-refractivity contribution >= 4 is 11.9 Å². The van der Waals surface area contributed by atoms with Crippen molar-refractivity contribution in [3.05, 3.63) is 0 Å². The monoisotopic (exact) mass is 190 g/mol. The second kappa shape index (κ2) is 6.42. The molecule has 5 heteroatoms. The van der Waals surface area contributed by atoms with Crippen LogP contribution in [0.15, 0.2) is 0 Å². The molecule has 0 aromatic heterocycles. The van der Waals surface area contributed by atoms with Crippen molar-refractivity contribution in [2.45, 2.75) is 25.7 Å². The quantitative estimate of drug-likeness (QED) is 0.537. The van der Waals surface area contributed by atoms with Crippen LogP contribution in [0.1, 0.15) is 25.7 Å². The average molecular weight is 190 g/mol. The molecule has 3 N–H and O–H groups in total. The third-order valence-electron chi connectivity index (χ3n) is 1.77.